The molecule has 0 aromatic heterocycles. The summed E-state index contributed by atoms with van der Waals surface area (Å²) in [5.74, 6) is 0. The van der Waals surface area contributed by atoms with E-state index >= 15 is 0 Å². The minimum absolute atomic E-state index is 0.315. The minimum atomic E-state index is -0.315. The van der Waals surface area contributed by atoms with Gasteiger partial charge >= 0.3 is 0 Å². The molecule has 318 valence electrons. The van der Waals surface area contributed by atoms with Crippen LogP contribution in [0.2, 0.25) is 0 Å². The quantitative estimate of drug-likeness (QED) is 0.143. The average molecular weight is 857 g/mol. The molecule has 11 aromatic rings. The summed E-state index contributed by atoms with van der Waals surface area (Å²) in [6, 6.07) is 93.3. The first-order chi connectivity index (χ1) is 33.0. The molecular formula is C65H48N2. The van der Waals surface area contributed by atoms with Gasteiger partial charge in [-0.1, -0.05) is 190 Å². The van der Waals surface area contributed by atoms with Gasteiger partial charge in [-0.3, -0.25) is 0 Å². The smallest absolute Gasteiger partial charge is 0.0564 e. The first-order valence-corrected chi connectivity index (χ1v) is 23.2. The molecule has 0 N–H and O–H groups in total. The van der Waals surface area contributed by atoms with Crippen LogP contribution < -0.4 is 9.80 Å². The third-order valence-electron chi connectivity index (χ3n) is 13.8. The van der Waals surface area contributed by atoms with Crippen molar-refractivity contribution in [2.45, 2.75) is 19.3 Å². The van der Waals surface area contributed by atoms with Crippen molar-refractivity contribution in [2.24, 2.45) is 0 Å². The summed E-state index contributed by atoms with van der Waals surface area (Å²) in [4.78, 5) is 4.89. The van der Waals surface area contributed by atoms with Crippen molar-refractivity contribution >= 4 is 55.7 Å². The Hall–Kier alpha value is -8.46. The van der Waals surface area contributed by atoms with E-state index in [-0.39, 0.29) is 5.41 Å². The van der Waals surface area contributed by atoms with E-state index in [1.54, 1.807) is 0 Å². The van der Waals surface area contributed by atoms with E-state index in [2.05, 4.69) is 278 Å². The molecule has 2 heteroatoms. The van der Waals surface area contributed by atoms with E-state index in [0.29, 0.717) is 0 Å². The maximum Gasteiger partial charge on any atom is 0.0564 e. The Morgan fingerprint density at radius 2 is 0.672 bits per heavy atom. The fourth-order valence-corrected chi connectivity index (χ4v) is 10.3. The van der Waals surface area contributed by atoms with Gasteiger partial charge in [-0.05, 0) is 150 Å². The third kappa shape index (κ3) is 7.24. The lowest BCUT2D eigenvalue weighted by Gasteiger charge is -2.33. The summed E-state index contributed by atoms with van der Waals surface area (Å²) in [6.45, 7) is 4.80. The number of nitrogens with zero attached hydrogens (tertiary/aromatic N) is 2. The molecule has 0 unspecified atom stereocenters. The molecule has 67 heavy (non-hydrogen) atoms. The molecule has 11 aromatic carbocycles. The van der Waals surface area contributed by atoms with E-state index in [0.717, 1.165) is 34.1 Å². The van der Waals surface area contributed by atoms with E-state index < -0.39 is 0 Å². The monoisotopic (exact) mass is 856 g/mol. The Morgan fingerprint density at radius 3 is 1.22 bits per heavy atom. The SMILES string of the molecule is CC1(C)c2cc(-c3ccccc3)ccc2-c2c(N(c3ccccc3)c3ccc(-c4ccc5ccccc5c4)cc3)cc(N(c3ccccc3)c3ccc(-c4ccc5ccccc5c4)cc3)cc21. The van der Waals surface area contributed by atoms with Gasteiger partial charge in [0.05, 0.1) is 5.69 Å². The molecule has 0 saturated carbocycles. The van der Waals surface area contributed by atoms with Crippen molar-refractivity contribution in [3.63, 3.8) is 0 Å². The van der Waals surface area contributed by atoms with Crippen LogP contribution in [0.4, 0.5) is 34.1 Å². The van der Waals surface area contributed by atoms with Crippen molar-refractivity contribution in [3.05, 3.63) is 266 Å². The summed E-state index contributed by atoms with van der Waals surface area (Å²) >= 11 is 0. The van der Waals surface area contributed by atoms with E-state index in [1.807, 2.05) is 0 Å². The zero-order valence-corrected chi connectivity index (χ0v) is 37.6. The highest BCUT2D eigenvalue weighted by Crippen LogP contribution is 2.57. The standard InChI is InChI=1S/C65H48N2/c1-65(2)61-42-54(45-16-6-3-7-17-45)34-39-60(61)64-62(65)43-59(66(55-22-8-4-9-23-55)57-35-30-48(31-36-57)52-28-26-46-18-12-14-20-50(46)40-52)44-63(64)67(56-24-10-5-11-25-56)58-37-32-49(33-38-58)53-29-27-47-19-13-15-21-51(47)41-53/h3-44H,1-2H3. The fourth-order valence-electron chi connectivity index (χ4n) is 10.3. The Balaban J connectivity index is 1.06. The first kappa shape index (κ1) is 40.1. The summed E-state index contributed by atoms with van der Waals surface area (Å²) in [6.07, 6.45) is 0. The molecule has 1 aliphatic rings. The van der Waals surface area contributed by atoms with E-state index in [9.17, 15) is 0 Å². The van der Waals surface area contributed by atoms with Gasteiger partial charge < -0.3 is 9.80 Å². The Kier molecular flexibility index (Phi) is 9.88. The molecule has 0 spiro atoms. The van der Waals surface area contributed by atoms with E-state index in [4.69, 9.17) is 0 Å². The zero-order valence-electron chi connectivity index (χ0n) is 37.6. The van der Waals surface area contributed by atoms with E-state index in [1.165, 1.54) is 77.2 Å². The second-order valence-corrected chi connectivity index (χ2v) is 18.2. The number of rotatable bonds is 9. The van der Waals surface area contributed by atoms with Gasteiger partial charge in [-0.15, -0.1) is 0 Å². The van der Waals surface area contributed by atoms with Crippen molar-refractivity contribution in [3.8, 4) is 44.5 Å². The normalized spacial score (nSPS) is 12.4. The topological polar surface area (TPSA) is 6.48 Å². The molecular weight excluding hydrogens is 809 g/mol. The summed E-state index contributed by atoms with van der Waals surface area (Å²) in [5, 5.41) is 4.98. The van der Waals surface area contributed by atoms with Gasteiger partial charge in [0.2, 0.25) is 0 Å². The molecule has 0 radical (unpaired) electrons. The highest BCUT2D eigenvalue weighted by molar-refractivity contribution is 5.99. The lowest BCUT2D eigenvalue weighted by atomic mass is 9.81. The predicted molar refractivity (Wildman–Crippen MR) is 285 cm³/mol. The van der Waals surface area contributed by atoms with Gasteiger partial charge in [0.1, 0.15) is 0 Å². The molecule has 0 saturated heterocycles. The fraction of sp³-hybridized carbons (Fsp3) is 0.0462. The van der Waals surface area contributed by atoms with Crippen LogP contribution in [0, 0.1) is 0 Å². The second kappa shape index (κ2) is 16.5. The second-order valence-electron chi connectivity index (χ2n) is 18.2. The van der Waals surface area contributed by atoms with Crippen LogP contribution in [-0.4, -0.2) is 0 Å². The van der Waals surface area contributed by atoms with Crippen molar-refractivity contribution in [1.29, 1.82) is 0 Å². The number of para-hydroxylation sites is 2. The van der Waals surface area contributed by atoms with Crippen molar-refractivity contribution in [2.75, 3.05) is 9.80 Å². The molecule has 0 aliphatic heterocycles. The molecule has 0 atom stereocenters. The maximum absolute atomic E-state index is 2.47. The van der Waals surface area contributed by atoms with Gasteiger partial charge in [-0.2, -0.15) is 0 Å². The Morgan fingerprint density at radius 1 is 0.269 bits per heavy atom. The summed E-state index contributed by atoms with van der Waals surface area (Å²) in [7, 11) is 0. The number of benzene rings is 11. The molecule has 0 heterocycles. The highest BCUT2D eigenvalue weighted by Gasteiger charge is 2.39. The molecule has 0 fully saturated rings. The minimum Gasteiger partial charge on any atom is -0.310 e. The number of anilines is 6. The van der Waals surface area contributed by atoms with Gasteiger partial charge in [0.15, 0.2) is 0 Å². The summed E-state index contributed by atoms with van der Waals surface area (Å²) < 4.78 is 0. The van der Waals surface area contributed by atoms with Crippen LogP contribution in [0.25, 0.3) is 66.1 Å². The van der Waals surface area contributed by atoms with Gasteiger partial charge in [-0.25, -0.2) is 0 Å². The number of fused-ring (bicyclic) bond motifs is 5. The Bertz CT molecular complexity index is 3580. The van der Waals surface area contributed by atoms with Crippen LogP contribution in [0.15, 0.2) is 255 Å². The van der Waals surface area contributed by atoms with Crippen LogP contribution in [0.1, 0.15) is 25.0 Å². The van der Waals surface area contributed by atoms with Crippen molar-refractivity contribution < 1.29 is 0 Å². The van der Waals surface area contributed by atoms with Crippen LogP contribution in [0.3, 0.4) is 0 Å². The third-order valence-corrected chi connectivity index (χ3v) is 13.8. The number of hydrogen-bond acceptors (Lipinski definition) is 2. The highest BCUT2D eigenvalue weighted by atomic mass is 15.2. The van der Waals surface area contributed by atoms with Gasteiger partial charge in [0.25, 0.3) is 0 Å². The molecule has 0 amide bonds. The average Bonchev–Trinajstić information content (AvgIpc) is 3.62. The van der Waals surface area contributed by atoms with Gasteiger partial charge in [0, 0.05) is 39.4 Å². The largest absolute Gasteiger partial charge is 0.310 e. The lowest BCUT2D eigenvalue weighted by Crippen LogP contribution is -2.18. The number of hydrogen-bond donors (Lipinski definition) is 0. The summed E-state index contributed by atoms with van der Waals surface area (Å²) in [5.41, 5.74) is 18.6. The molecule has 1 aliphatic carbocycles. The maximum atomic E-state index is 2.47. The molecule has 12 rings (SSSR count). The van der Waals surface area contributed by atoms with Crippen LogP contribution >= 0.6 is 0 Å². The molecule has 0 bridgehead atoms. The van der Waals surface area contributed by atoms with Crippen LogP contribution in [0.5, 0.6) is 0 Å². The lowest BCUT2D eigenvalue weighted by molar-refractivity contribution is 0.660. The Labute approximate surface area is 393 Å². The molecule has 2 nitrogen and oxygen atoms in total. The van der Waals surface area contributed by atoms with Crippen molar-refractivity contribution in [1.82, 2.24) is 0 Å². The first-order valence-electron chi connectivity index (χ1n) is 23.2. The predicted octanol–water partition coefficient (Wildman–Crippen LogP) is 18.2. The van der Waals surface area contributed by atoms with Crippen LogP contribution in [-0.2, 0) is 5.41 Å². The zero-order chi connectivity index (χ0) is 44.9.